The van der Waals surface area contributed by atoms with E-state index in [0.717, 1.165) is 5.56 Å². The number of thioether (sulfide) groups is 1. The van der Waals surface area contributed by atoms with Crippen LogP contribution >= 0.6 is 11.8 Å². The van der Waals surface area contributed by atoms with Gasteiger partial charge in [-0.15, -0.1) is 11.8 Å². The van der Waals surface area contributed by atoms with Crippen LogP contribution in [-0.4, -0.2) is 46.0 Å². The van der Waals surface area contributed by atoms with Gasteiger partial charge in [0.05, 0.1) is 17.2 Å². The van der Waals surface area contributed by atoms with Crippen LogP contribution < -0.4 is 5.32 Å². The van der Waals surface area contributed by atoms with Gasteiger partial charge in [0.15, 0.2) is 0 Å². The molecular formula is C14H16N2O4S. The average molecular weight is 308 g/mol. The van der Waals surface area contributed by atoms with Gasteiger partial charge in [0, 0.05) is 5.69 Å². The molecule has 112 valence electrons. The summed E-state index contributed by atoms with van der Waals surface area (Å²) in [5.74, 6) is -0.496. The molecule has 1 aromatic carbocycles. The number of carbonyl (C=O) groups excluding carboxylic acids is 2. The Morgan fingerprint density at radius 1 is 1.38 bits per heavy atom. The van der Waals surface area contributed by atoms with Crippen molar-refractivity contribution in [1.29, 1.82) is 0 Å². The van der Waals surface area contributed by atoms with Crippen molar-refractivity contribution in [3.05, 3.63) is 28.8 Å². The number of carboxylic acids is 1. The number of hydrogen-bond acceptors (Lipinski definition) is 4. The van der Waals surface area contributed by atoms with Crippen molar-refractivity contribution in [2.75, 3.05) is 23.5 Å². The quantitative estimate of drug-likeness (QED) is 0.879. The number of hydrogen-bond donors (Lipinski definition) is 2. The molecule has 0 bridgehead atoms. The fourth-order valence-electron chi connectivity index (χ4n) is 2.07. The molecule has 0 saturated carbocycles. The van der Waals surface area contributed by atoms with Crippen LogP contribution in [0.1, 0.15) is 21.5 Å². The third-order valence-electron chi connectivity index (χ3n) is 3.34. The van der Waals surface area contributed by atoms with Crippen molar-refractivity contribution >= 4 is 35.2 Å². The summed E-state index contributed by atoms with van der Waals surface area (Å²) < 4.78 is 0. The van der Waals surface area contributed by atoms with E-state index < -0.39 is 5.97 Å². The van der Waals surface area contributed by atoms with Gasteiger partial charge in [-0.25, -0.2) is 4.79 Å². The number of benzene rings is 1. The predicted octanol–water partition coefficient (Wildman–Crippen LogP) is 1.47. The number of nitrogens with one attached hydrogen (secondary N) is 1. The molecule has 7 heteroatoms. The highest BCUT2D eigenvalue weighted by Gasteiger charge is 2.23. The maximum Gasteiger partial charge on any atom is 0.336 e. The molecule has 1 aliphatic heterocycles. The molecule has 2 amide bonds. The van der Waals surface area contributed by atoms with Crippen LogP contribution in [0.25, 0.3) is 0 Å². The van der Waals surface area contributed by atoms with Gasteiger partial charge < -0.3 is 15.3 Å². The molecule has 1 aliphatic rings. The summed E-state index contributed by atoms with van der Waals surface area (Å²) in [6.45, 7) is 3.50. The normalized spacial score (nSPS) is 14.4. The van der Waals surface area contributed by atoms with Crippen molar-refractivity contribution in [3.8, 4) is 0 Å². The molecule has 0 atom stereocenters. The molecule has 0 aliphatic carbocycles. The number of anilines is 1. The van der Waals surface area contributed by atoms with E-state index in [2.05, 4.69) is 5.32 Å². The van der Waals surface area contributed by atoms with Crippen LogP contribution in [0.15, 0.2) is 12.1 Å². The van der Waals surface area contributed by atoms with Gasteiger partial charge in [-0.2, -0.15) is 0 Å². The maximum absolute atomic E-state index is 11.9. The zero-order chi connectivity index (χ0) is 15.6. The van der Waals surface area contributed by atoms with Crippen LogP contribution in [0.5, 0.6) is 0 Å². The fourth-order valence-corrected chi connectivity index (χ4v) is 2.97. The van der Waals surface area contributed by atoms with Gasteiger partial charge in [-0.1, -0.05) is 0 Å². The second kappa shape index (κ2) is 6.17. The molecule has 0 unspecified atom stereocenters. The van der Waals surface area contributed by atoms with E-state index >= 15 is 0 Å². The topological polar surface area (TPSA) is 86.7 Å². The summed E-state index contributed by atoms with van der Waals surface area (Å²) >= 11 is 1.47. The number of aromatic carboxylic acids is 1. The minimum absolute atomic E-state index is 0.0127. The molecule has 0 aromatic heterocycles. The molecule has 21 heavy (non-hydrogen) atoms. The van der Waals surface area contributed by atoms with E-state index in [0.29, 0.717) is 22.9 Å². The van der Waals surface area contributed by atoms with Crippen LogP contribution in [0, 0.1) is 13.8 Å². The highest BCUT2D eigenvalue weighted by atomic mass is 32.2. The van der Waals surface area contributed by atoms with Gasteiger partial charge in [0.1, 0.15) is 6.54 Å². The summed E-state index contributed by atoms with van der Waals surface area (Å²) in [6, 6.07) is 3.16. The monoisotopic (exact) mass is 308 g/mol. The van der Waals surface area contributed by atoms with Crippen LogP contribution in [0.3, 0.4) is 0 Å². The standard InChI is InChI=1S/C14H16N2O4S/c1-8-3-10(4-11(9(8)2)14(19)20)15-12(17)5-16-7-21-6-13(16)18/h3-4H,5-7H2,1-2H3,(H,15,17)(H,19,20). The van der Waals surface area contributed by atoms with E-state index in [1.807, 2.05) is 0 Å². The minimum Gasteiger partial charge on any atom is -0.478 e. The Hall–Kier alpha value is -2.02. The molecule has 1 heterocycles. The largest absolute Gasteiger partial charge is 0.478 e. The smallest absolute Gasteiger partial charge is 0.336 e. The molecule has 0 radical (unpaired) electrons. The Bertz CT molecular complexity index is 615. The SMILES string of the molecule is Cc1cc(NC(=O)CN2CSCC2=O)cc(C(=O)O)c1C. The minimum atomic E-state index is -1.03. The molecule has 6 nitrogen and oxygen atoms in total. The van der Waals surface area contributed by atoms with Crippen molar-refractivity contribution in [1.82, 2.24) is 4.90 Å². The highest BCUT2D eigenvalue weighted by Crippen LogP contribution is 2.20. The van der Waals surface area contributed by atoms with Crippen molar-refractivity contribution in [3.63, 3.8) is 0 Å². The number of carboxylic acid groups (broad SMARTS) is 1. The number of carbonyl (C=O) groups is 3. The summed E-state index contributed by atoms with van der Waals surface area (Å²) in [5, 5.41) is 11.8. The lowest BCUT2D eigenvalue weighted by atomic mass is 10.0. The van der Waals surface area contributed by atoms with Crippen molar-refractivity contribution in [2.45, 2.75) is 13.8 Å². The molecular weight excluding hydrogens is 292 g/mol. The Morgan fingerprint density at radius 2 is 2.10 bits per heavy atom. The Balaban J connectivity index is 2.10. The van der Waals surface area contributed by atoms with Crippen LogP contribution in [-0.2, 0) is 9.59 Å². The number of nitrogens with zero attached hydrogens (tertiary/aromatic N) is 1. The first kappa shape index (κ1) is 15.4. The summed E-state index contributed by atoms with van der Waals surface area (Å²) in [5.41, 5.74) is 2.06. The average Bonchev–Trinajstić information content (AvgIpc) is 2.78. The summed E-state index contributed by atoms with van der Waals surface area (Å²) in [7, 11) is 0. The Kier molecular flexibility index (Phi) is 4.52. The summed E-state index contributed by atoms with van der Waals surface area (Å²) in [4.78, 5) is 36.0. The molecule has 1 aromatic rings. The predicted molar refractivity (Wildman–Crippen MR) is 80.5 cm³/mol. The zero-order valence-corrected chi connectivity index (χ0v) is 12.6. The molecule has 1 saturated heterocycles. The van der Waals surface area contributed by atoms with Gasteiger partial charge in [-0.3, -0.25) is 9.59 Å². The van der Waals surface area contributed by atoms with Crippen molar-refractivity contribution < 1.29 is 19.5 Å². The van der Waals surface area contributed by atoms with Gasteiger partial charge in [-0.05, 0) is 37.1 Å². The molecule has 0 spiro atoms. The second-order valence-electron chi connectivity index (χ2n) is 4.89. The van der Waals surface area contributed by atoms with Gasteiger partial charge in [0.2, 0.25) is 11.8 Å². The Labute approximate surface area is 126 Å². The lowest BCUT2D eigenvalue weighted by molar-refractivity contribution is -0.130. The third kappa shape index (κ3) is 3.55. The van der Waals surface area contributed by atoms with Crippen molar-refractivity contribution in [2.24, 2.45) is 0 Å². The number of aryl methyl sites for hydroxylation is 1. The van der Waals surface area contributed by atoms with E-state index in [4.69, 9.17) is 5.11 Å². The van der Waals surface area contributed by atoms with E-state index in [-0.39, 0.29) is 23.9 Å². The fraction of sp³-hybridized carbons (Fsp3) is 0.357. The Morgan fingerprint density at radius 3 is 2.67 bits per heavy atom. The van der Waals surface area contributed by atoms with Crippen LogP contribution in [0.4, 0.5) is 5.69 Å². The lowest BCUT2D eigenvalue weighted by Crippen LogP contribution is -2.34. The van der Waals surface area contributed by atoms with Gasteiger partial charge in [0.25, 0.3) is 0 Å². The third-order valence-corrected chi connectivity index (χ3v) is 4.29. The number of rotatable bonds is 4. The molecule has 1 fully saturated rings. The lowest BCUT2D eigenvalue weighted by Gasteiger charge is -2.15. The van der Waals surface area contributed by atoms with E-state index in [9.17, 15) is 14.4 Å². The highest BCUT2D eigenvalue weighted by molar-refractivity contribution is 8.00. The van der Waals surface area contributed by atoms with E-state index in [1.54, 1.807) is 19.9 Å². The summed E-state index contributed by atoms with van der Waals surface area (Å²) in [6.07, 6.45) is 0. The first-order valence-corrected chi connectivity index (χ1v) is 7.54. The maximum atomic E-state index is 11.9. The van der Waals surface area contributed by atoms with Gasteiger partial charge >= 0.3 is 5.97 Å². The first-order valence-electron chi connectivity index (χ1n) is 6.38. The second-order valence-corrected chi connectivity index (χ2v) is 5.84. The van der Waals surface area contributed by atoms with E-state index in [1.165, 1.54) is 22.7 Å². The molecule has 2 rings (SSSR count). The first-order chi connectivity index (χ1) is 9.88. The van der Waals surface area contributed by atoms with Crippen LogP contribution in [0.2, 0.25) is 0 Å². The number of amides is 2. The zero-order valence-electron chi connectivity index (χ0n) is 11.8. The molecule has 2 N–H and O–H groups in total.